The lowest BCUT2D eigenvalue weighted by atomic mass is 9.99. The largest absolute Gasteiger partial charge is 0.481 e. The number of methoxy groups -OCH3 is 1. The summed E-state index contributed by atoms with van der Waals surface area (Å²) < 4.78 is 12.1. The number of halogens is 2. The molecule has 1 unspecified atom stereocenters. The van der Waals surface area contributed by atoms with Gasteiger partial charge in [0.25, 0.3) is 11.5 Å². The average molecular weight is 625 g/mol. The van der Waals surface area contributed by atoms with E-state index >= 15 is 0 Å². The minimum Gasteiger partial charge on any atom is -0.481 e. The van der Waals surface area contributed by atoms with Gasteiger partial charge in [-0.3, -0.25) is 9.59 Å². The van der Waals surface area contributed by atoms with E-state index in [0.717, 1.165) is 10.2 Å². The second-order valence-electron chi connectivity index (χ2n) is 10.2. The molecule has 43 heavy (non-hydrogen) atoms. The minimum absolute atomic E-state index is 0.0593. The van der Waals surface area contributed by atoms with Crippen molar-refractivity contribution in [2.24, 2.45) is 7.05 Å². The molecule has 0 spiro atoms. The van der Waals surface area contributed by atoms with E-state index in [2.05, 4.69) is 15.7 Å². The zero-order valence-electron chi connectivity index (χ0n) is 23.8. The van der Waals surface area contributed by atoms with Crippen LogP contribution in [0.5, 0.6) is 5.88 Å². The third kappa shape index (κ3) is 6.43. The highest BCUT2D eigenvalue weighted by Gasteiger charge is 2.27. The Balaban J connectivity index is 1.43. The quantitative estimate of drug-likeness (QED) is 0.253. The number of hydrogen-bond acceptors (Lipinski definition) is 8. The van der Waals surface area contributed by atoms with Gasteiger partial charge in [0.2, 0.25) is 5.88 Å². The lowest BCUT2D eigenvalue weighted by molar-refractivity contribution is -0.0300. The maximum atomic E-state index is 12.9. The van der Waals surface area contributed by atoms with Crippen LogP contribution in [0.15, 0.2) is 65.6 Å². The number of aryl methyl sites for hydroxylation is 1. The van der Waals surface area contributed by atoms with Crippen molar-refractivity contribution < 1.29 is 19.4 Å². The first-order chi connectivity index (χ1) is 20.7. The van der Waals surface area contributed by atoms with Crippen LogP contribution in [-0.2, 0) is 11.8 Å². The predicted molar refractivity (Wildman–Crippen MR) is 166 cm³/mol. The Bertz CT molecular complexity index is 1710. The van der Waals surface area contributed by atoms with E-state index in [9.17, 15) is 14.7 Å². The summed E-state index contributed by atoms with van der Waals surface area (Å²) in [6.45, 7) is 2.89. The number of rotatable bonds is 8. The summed E-state index contributed by atoms with van der Waals surface area (Å²) in [6.07, 6.45) is 1.50. The van der Waals surface area contributed by atoms with E-state index < -0.39 is 17.6 Å². The monoisotopic (exact) mass is 623 g/mol. The van der Waals surface area contributed by atoms with Crippen molar-refractivity contribution in [3.05, 3.63) is 92.3 Å². The zero-order valence-corrected chi connectivity index (χ0v) is 25.3. The van der Waals surface area contributed by atoms with Gasteiger partial charge in [-0.05, 0) is 37.6 Å². The number of amides is 1. The molecule has 2 aromatic heterocycles. The van der Waals surface area contributed by atoms with Crippen molar-refractivity contribution in [3.8, 4) is 28.3 Å². The number of aliphatic hydroxyl groups excluding tert-OH is 1. The standard InChI is InChI=1S/C31H31Cl2N5O5/c1-17(35-24-13-15-43-16-26(24)39)18-10-11-23(37-30(18)42-3)21-8-4-6-19(27(21)32)20-7-5-9-25(28(20)33)36-29(40)22-12-14-34-38(2)31(22)41/h4-12,14,17,24,26,35,39H,13,15-16H2,1-3H3,(H,36,40)/t17-,24?,26+/m1/s1. The van der Waals surface area contributed by atoms with Crippen LogP contribution in [0.25, 0.3) is 22.4 Å². The number of anilines is 1. The Morgan fingerprint density at radius 1 is 1.09 bits per heavy atom. The Hall–Kier alpha value is -3.80. The molecule has 1 aliphatic heterocycles. The second kappa shape index (κ2) is 13.2. The first-order valence-corrected chi connectivity index (χ1v) is 14.4. The molecule has 4 aromatic rings. The normalized spacial score (nSPS) is 17.3. The van der Waals surface area contributed by atoms with Crippen molar-refractivity contribution in [3.63, 3.8) is 0 Å². The fourth-order valence-corrected chi connectivity index (χ4v) is 5.66. The van der Waals surface area contributed by atoms with Crippen molar-refractivity contribution in [1.29, 1.82) is 0 Å². The molecule has 1 saturated heterocycles. The maximum Gasteiger partial charge on any atom is 0.279 e. The van der Waals surface area contributed by atoms with Crippen molar-refractivity contribution in [2.45, 2.75) is 31.5 Å². The molecule has 12 heteroatoms. The molecule has 0 radical (unpaired) electrons. The molecule has 3 atom stereocenters. The van der Waals surface area contributed by atoms with E-state index in [0.29, 0.717) is 58.6 Å². The Labute approximate surface area is 258 Å². The highest BCUT2D eigenvalue weighted by Crippen LogP contribution is 2.41. The van der Waals surface area contributed by atoms with Crippen molar-refractivity contribution in [1.82, 2.24) is 20.1 Å². The summed E-state index contributed by atoms with van der Waals surface area (Å²) in [7, 11) is 3.03. The van der Waals surface area contributed by atoms with Crippen molar-refractivity contribution >= 4 is 34.8 Å². The number of nitrogens with zero attached hydrogens (tertiary/aromatic N) is 3. The molecule has 0 bridgehead atoms. The molecule has 10 nitrogen and oxygen atoms in total. The SMILES string of the molecule is COc1nc(-c2cccc(-c3cccc(NC(=O)c4ccnn(C)c4=O)c3Cl)c2Cl)ccc1[C@@H](C)NC1CCOC[C@@H]1O. The Morgan fingerprint density at radius 2 is 1.81 bits per heavy atom. The summed E-state index contributed by atoms with van der Waals surface area (Å²) in [6, 6.07) is 15.6. The summed E-state index contributed by atoms with van der Waals surface area (Å²) >= 11 is 13.7. The number of carbonyl (C=O) groups is 1. The zero-order chi connectivity index (χ0) is 30.7. The third-order valence-corrected chi connectivity index (χ3v) is 8.22. The molecule has 1 aliphatic rings. The van der Waals surface area contributed by atoms with Gasteiger partial charge in [0.1, 0.15) is 5.56 Å². The van der Waals surface area contributed by atoms with Gasteiger partial charge in [0.05, 0.1) is 41.2 Å². The lowest BCUT2D eigenvalue weighted by Crippen LogP contribution is -2.47. The summed E-state index contributed by atoms with van der Waals surface area (Å²) in [5.41, 5.74) is 3.06. The molecule has 0 saturated carbocycles. The number of aliphatic hydroxyl groups is 1. The topological polar surface area (TPSA) is 128 Å². The number of hydrogen-bond donors (Lipinski definition) is 3. The van der Waals surface area contributed by atoms with Crippen LogP contribution < -0.4 is 20.9 Å². The van der Waals surface area contributed by atoms with Gasteiger partial charge in [0, 0.05) is 54.2 Å². The third-order valence-electron chi connectivity index (χ3n) is 7.40. The molecule has 3 N–H and O–H groups in total. The van der Waals surface area contributed by atoms with Gasteiger partial charge >= 0.3 is 0 Å². The van der Waals surface area contributed by atoms with Crippen LogP contribution >= 0.6 is 23.2 Å². The van der Waals surface area contributed by atoms with Crippen LogP contribution in [0.4, 0.5) is 5.69 Å². The van der Waals surface area contributed by atoms with Gasteiger partial charge in [-0.25, -0.2) is 9.67 Å². The predicted octanol–water partition coefficient (Wildman–Crippen LogP) is 4.88. The minimum atomic E-state index is -0.603. The van der Waals surface area contributed by atoms with Gasteiger partial charge in [0.15, 0.2) is 0 Å². The van der Waals surface area contributed by atoms with Crippen LogP contribution in [0, 0.1) is 0 Å². The van der Waals surface area contributed by atoms with Crippen LogP contribution in [-0.4, -0.2) is 58.2 Å². The first kappa shape index (κ1) is 30.7. The number of benzene rings is 2. The number of ether oxygens (including phenoxy) is 2. The molecular formula is C31H31Cl2N5O5. The smallest absolute Gasteiger partial charge is 0.279 e. The number of nitrogens with one attached hydrogen (secondary N) is 2. The van der Waals surface area contributed by atoms with E-state index in [-0.39, 0.29) is 22.7 Å². The number of carbonyl (C=O) groups excluding carboxylic acids is 1. The van der Waals surface area contributed by atoms with E-state index in [1.807, 2.05) is 37.3 Å². The number of pyridine rings is 1. The molecule has 3 heterocycles. The maximum absolute atomic E-state index is 12.9. The first-order valence-electron chi connectivity index (χ1n) is 13.7. The molecule has 0 aliphatic carbocycles. The Morgan fingerprint density at radius 3 is 2.56 bits per heavy atom. The van der Waals surface area contributed by atoms with Crippen LogP contribution in [0.1, 0.15) is 35.3 Å². The van der Waals surface area contributed by atoms with E-state index in [4.69, 9.17) is 37.7 Å². The number of aromatic nitrogens is 3. The van der Waals surface area contributed by atoms with Gasteiger partial charge in [-0.15, -0.1) is 0 Å². The van der Waals surface area contributed by atoms with Gasteiger partial charge in [-0.2, -0.15) is 5.10 Å². The fourth-order valence-electron chi connectivity index (χ4n) is 5.07. The average Bonchev–Trinajstić information content (AvgIpc) is 3.00. The van der Waals surface area contributed by atoms with E-state index in [1.165, 1.54) is 19.3 Å². The summed E-state index contributed by atoms with van der Waals surface area (Å²) in [5.74, 6) is -0.168. The van der Waals surface area contributed by atoms with Crippen LogP contribution in [0.2, 0.25) is 10.0 Å². The molecular weight excluding hydrogens is 593 g/mol. The van der Waals surface area contributed by atoms with Gasteiger partial charge in [-0.1, -0.05) is 53.5 Å². The molecule has 224 valence electrons. The molecule has 1 fully saturated rings. The van der Waals surface area contributed by atoms with Crippen LogP contribution in [0.3, 0.4) is 0 Å². The fraction of sp³-hybridized carbons (Fsp3) is 0.290. The summed E-state index contributed by atoms with van der Waals surface area (Å²) in [4.78, 5) is 30.0. The second-order valence-corrected chi connectivity index (χ2v) is 10.9. The summed E-state index contributed by atoms with van der Waals surface area (Å²) in [5, 5.41) is 21.0. The highest BCUT2D eigenvalue weighted by molar-refractivity contribution is 6.39. The molecule has 5 rings (SSSR count). The van der Waals surface area contributed by atoms with Gasteiger partial charge < -0.3 is 25.2 Å². The highest BCUT2D eigenvalue weighted by atomic mass is 35.5. The van der Waals surface area contributed by atoms with E-state index in [1.54, 1.807) is 25.3 Å². The molecule has 2 aromatic carbocycles. The Kier molecular flexibility index (Phi) is 9.43. The molecule has 1 amide bonds. The lowest BCUT2D eigenvalue weighted by Gasteiger charge is -2.31. The van der Waals surface area contributed by atoms with Crippen molar-refractivity contribution in [2.75, 3.05) is 25.6 Å².